The van der Waals surface area contributed by atoms with Gasteiger partial charge in [-0.3, -0.25) is 9.59 Å². The number of hydrogen-bond donors (Lipinski definition) is 2. The van der Waals surface area contributed by atoms with Crippen molar-refractivity contribution in [3.8, 4) is 0 Å². The van der Waals surface area contributed by atoms with Gasteiger partial charge < -0.3 is 14.9 Å². The van der Waals surface area contributed by atoms with Crippen LogP contribution in [0, 0.1) is 24.2 Å². The van der Waals surface area contributed by atoms with E-state index in [1.165, 1.54) is 5.57 Å². The molecule has 196 valence electrons. The molecule has 0 aliphatic carbocycles. The molecular weight excluding hydrogens is 577 g/mol. The highest BCUT2D eigenvalue weighted by molar-refractivity contribution is 14.1. The van der Waals surface area contributed by atoms with E-state index in [4.69, 9.17) is 4.74 Å². The van der Waals surface area contributed by atoms with Crippen molar-refractivity contribution in [1.29, 1.82) is 0 Å². The van der Waals surface area contributed by atoms with Gasteiger partial charge >= 0.3 is 5.97 Å². The Labute approximate surface area is 227 Å². The van der Waals surface area contributed by atoms with E-state index < -0.39 is 35.6 Å². The maximum Gasteiger partial charge on any atom is 0.309 e. The summed E-state index contributed by atoms with van der Waals surface area (Å²) >= 11 is 3.91. The summed E-state index contributed by atoms with van der Waals surface area (Å²) in [7, 11) is 0. The predicted molar refractivity (Wildman–Crippen MR) is 150 cm³/mol. The number of carbonyl (C=O) groups excluding carboxylic acids is 2. The summed E-state index contributed by atoms with van der Waals surface area (Å²) in [5.41, 5.74) is 1.79. The van der Waals surface area contributed by atoms with Crippen molar-refractivity contribution in [3.63, 3.8) is 0 Å². The molecule has 0 saturated heterocycles. The number of allylic oxidation sites excluding steroid dienone is 1. The van der Waals surface area contributed by atoms with E-state index in [1.807, 2.05) is 32.2 Å². The van der Waals surface area contributed by atoms with Crippen molar-refractivity contribution in [2.24, 2.45) is 17.3 Å². The molecule has 1 aromatic heterocycles. The summed E-state index contributed by atoms with van der Waals surface area (Å²) in [6.07, 6.45) is 4.41. The minimum atomic E-state index is -1.22. The van der Waals surface area contributed by atoms with Gasteiger partial charge in [0.2, 0.25) is 0 Å². The quantitative estimate of drug-likeness (QED) is 0.196. The molecule has 8 heteroatoms. The number of rotatable bonds is 3. The number of hydrogen-bond acceptors (Lipinski definition) is 7. The van der Waals surface area contributed by atoms with Gasteiger partial charge in [-0.2, -0.15) is 0 Å². The van der Waals surface area contributed by atoms with Gasteiger partial charge in [0.05, 0.1) is 34.7 Å². The highest BCUT2D eigenvalue weighted by Crippen LogP contribution is 2.32. The molecule has 2 N–H and O–H groups in total. The van der Waals surface area contributed by atoms with Gasteiger partial charge in [-0.1, -0.05) is 61.9 Å². The first kappa shape index (κ1) is 30.1. The Kier molecular flexibility index (Phi) is 11.6. The molecule has 2 heterocycles. The summed E-state index contributed by atoms with van der Waals surface area (Å²) in [6.45, 7) is 10.8. The fourth-order valence-corrected chi connectivity index (χ4v) is 5.70. The number of esters is 1. The third kappa shape index (κ3) is 8.47. The number of aliphatic hydroxyl groups excluding tert-OH is 2. The second kappa shape index (κ2) is 13.4. The van der Waals surface area contributed by atoms with Crippen molar-refractivity contribution in [2.75, 3.05) is 4.43 Å². The summed E-state index contributed by atoms with van der Waals surface area (Å²) in [5, 5.41) is 24.6. The molecule has 2 rings (SSSR count). The number of nitrogens with zero attached hydrogens (tertiary/aromatic N) is 1. The highest BCUT2D eigenvalue weighted by Gasteiger charge is 2.42. The molecule has 1 aliphatic heterocycles. The minimum absolute atomic E-state index is 0.0466. The maximum absolute atomic E-state index is 13.2. The zero-order valence-electron chi connectivity index (χ0n) is 21.7. The lowest BCUT2D eigenvalue weighted by molar-refractivity contribution is -0.154. The van der Waals surface area contributed by atoms with Gasteiger partial charge in [-0.05, 0) is 50.7 Å². The Morgan fingerprint density at radius 1 is 1.31 bits per heavy atom. The summed E-state index contributed by atoms with van der Waals surface area (Å²) in [6, 6.07) is 0. The summed E-state index contributed by atoms with van der Waals surface area (Å²) < 4.78 is 6.72. The van der Waals surface area contributed by atoms with Crippen LogP contribution in [-0.4, -0.2) is 49.7 Å². The number of thiazole rings is 1. The van der Waals surface area contributed by atoms with Gasteiger partial charge in [0, 0.05) is 22.1 Å². The van der Waals surface area contributed by atoms with Crippen LogP contribution in [0.3, 0.4) is 0 Å². The van der Waals surface area contributed by atoms with Gasteiger partial charge in [0.15, 0.2) is 0 Å². The molecule has 5 atom stereocenters. The largest absolute Gasteiger partial charge is 0.457 e. The molecule has 35 heavy (non-hydrogen) atoms. The van der Waals surface area contributed by atoms with E-state index >= 15 is 0 Å². The monoisotopic (exact) mass is 617 g/mol. The van der Waals surface area contributed by atoms with E-state index in [0.29, 0.717) is 6.42 Å². The zero-order chi connectivity index (χ0) is 26.3. The lowest BCUT2D eigenvalue weighted by atomic mass is 9.73. The number of Topliss-reactive ketones (excluding diaryl/α,β-unsaturated/α-hetero) is 1. The SMILES string of the molecule is CC(=Cc1csc(C)n1)[C@@H]1CC=C(CI)CCC[C@H](C)[C@H](O)[C@@H](C)C(=O)C(C)(C)[C@@H](O)CC(=O)O1. The normalized spacial score (nSPS) is 30.0. The average Bonchev–Trinajstić information content (AvgIpc) is 3.21. The molecule has 0 saturated carbocycles. The lowest BCUT2D eigenvalue weighted by Crippen LogP contribution is -2.45. The maximum atomic E-state index is 13.2. The van der Waals surface area contributed by atoms with Crippen molar-refractivity contribution < 1.29 is 24.5 Å². The van der Waals surface area contributed by atoms with Gasteiger partial charge in [0.25, 0.3) is 0 Å². The van der Waals surface area contributed by atoms with Crippen LogP contribution in [0.25, 0.3) is 6.08 Å². The number of aliphatic hydroxyl groups is 2. The van der Waals surface area contributed by atoms with E-state index in [2.05, 4.69) is 33.7 Å². The van der Waals surface area contributed by atoms with Crippen LogP contribution in [-0.2, 0) is 14.3 Å². The third-order valence-corrected chi connectivity index (χ3v) is 8.85. The summed E-state index contributed by atoms with van der Waals surface area (Å²) in [5.74, 6) is -1.49. The van der Waals surface area contributed by atoms with Crippen LogP contribution in [0.5, 0.6) is 0 Å². The van der Waals surface area contributed by atoms with E-state index in [-0.39, 0.29) is 18.1 Å². The number of halogens is 1. The molecule has 0 radical (unpaired) electrons. The molecule has 0 bridgehead atoms. The molecule has 0 aromatic carbocycles. The van der Waals surface area contributed by atoms with Crippen molar-refractivity contribution >= 4 is 51.8 Å². The van der Waals surface area contributed by atoms with Crippen LogP contribution in [0.1, 0.15) is 77.4 Å². The first-order valence-electron chi connectivity index (χ1n) is 12.3. The molecule has 0 amide bonds. The first-order valence-corrected chi connectivity index (χ1v) is 14.7. The Bertz CT molecular complexity index is 938. The lowest BCUT2D eigenvalue weighted by Gasteiger charge is -2.34. The molecule has 0 unspecified atom stereocenters. The second-order valence-corrected chi connectivity index (χ2v) is 12.2. The van der Waals surface area contributed by atoms with Crippen LogP contribution in [0.15, 0.2) is 22.6 Å². The minimum Gasteiger partial charge on any atom is -0.457 e. The van der Waals surface area contributed by atoms with Gasteiger partial charge in [-0.15, -0.1) is 11.3 Å². The topological polar surface area (TPSA) is 96.7 Å². The van der Waals surface area contributed by atoms with Crippen LogP contribution in [0.4, 0.5) is 0 Å². The van der Waals surface area contributed by atoms with Crippen molar-refractivity contribution in [1.82, 2.24) is 4.98 Å². The van der Waals surface area contributed by atoms with Crippen molar-refractivity contribution in [3.05, 3.63) is 33.3 Å². The number of aromatic nitrogens is 1. The zero-order valence-corrected chi connectivity index (χ0v) is 24.7. The van der Waals surface area contributed by atoms with E-state index in [0.717, 1.165) is 40.0 Å². The van der Waals surface area contributed by atoms with Crippen molar-refractivity contribution in [2.45, 2.75) is 92.0 Å². The van der Waals surface area contributed by atoms with Crippen LogP contribution in [0.2, 0.25) is 0 Å². The van der Waals surface area contributed by atoms with Crippen LogP contribution < -0.4 is 0 Å². The number of carbonyl (C=O) groups is 2. The summed E-state index contributed by atoms with van der Waals surface area (Å²) in [4.78, 5) is 30.6. The van der Waals surface area contributed by atoms with Gasteiger partial charge in [0.1, 0.15) is 11.9 Å². The van der Waals surface area contributed by atoms with E-state index in [1.54, 1.807) is 32.1 Å². The number of ether oxygens (including phenoxy) is 1. The smallest absolute Gasteiger partial charge is 0.309 e. The third-order valence-electron chi connectivity index (χ3n) is 7.08. The van der Waals surface area contributed by atoms with Crippen LogP contribution >= 0.6 is 33.9 Å². The number of cyclic esters (lactones) is 1. The number of alkyl halides is 1. The van der Waals surface area contributed by atoms with Gasteiger partial charge in [-0.25, -0.2) is 4.98 Å². The number of ketones is 1. The predicted octanol–water partition coefficient (Wildman–Crippen LogP) is 5.68. The standard InChI is InChI=1S/C27H40INO5S/c1-16-8-7-9-20(14-28)10-11-22(17(2)12-21-15-35-19(4)29-21)34-24(31)13-23(30)27(5,6)26(33)18(3)25(16)32/h10,12,15-16,18,22-23,25,30,32H,7-9,11,13-14H2,1-6H3/t16-,18+,22-,23-,25-/m0/s1. The Hall–Kier alpha value is -1.10. The molecule has 1 aliphatic rings. The molecule has 6 nitrogen and oxygen atoms in total. The Balaban J connectivity index is 2.37. The Morgan fingerprint density at radius 3 is 2.60 bits per heavy atom. The molecular formula is C27H40INO5S. The highest BCUT2D eigenvalue weighted by atomic mass is 127. The average molecular weight is 618 g/mol. The second-order valence-electron chi connectivity index (χ2n) is 10.3. The fraction of sp³-hybridized carbons (Fsp3) is 0.667. The molecule has 0 spiro atoms. The molecule has 0 fully saturated rings. The Morgan fingerprint density at radius 2 is 2.00 bits per heavy atom. The molecule has 1 aromatic rings. The first-order chi connectivity index (χ1) is 16.4. The fourth-order valence-electron chi connectivity index (χ4n) is 4.44. The van der Waals surface area contributed by atoms with E-state index in [9.17, 15) is 19.8 Å². The number of aryl methyl sites for hydroxylation is 1.